The van der Waals surface area contributed by atoms with E-state index in [-0.39, 0.29) is 18.3 Å². The number of piperazine rings is 1. The fraction of sp³-hybridized carbons (Fsp3) is 0.333. The number of rotatable bonds is 6. The lowest BCUT2D eigenvalue weighted by atomic mass is 9.96. The van der Waals surface area contributed by atoms with Crippen molar-refractivity contribution in [2.24, 2.45) is 5.10 Å². The summed E-state index contributed by atoms with van der Waals surface area (Å²) >= 11 is 0. The van der Waals surface area contributed by atoms with Gasteiger partial charge in [0.25, 0.3) is 5.91 Å². The van der Waals surface area contributed by atoms with E-state index in [1.54, 1.807) is 12.1 Å². The smallest absolute Gasteiger partial charge is 0.257 e. The van der Waals surface area contributed by atoms with Crippen molar-refractivity contribution in [1.82, 2.24) is 14.8 Å². The van der Waals surface area contributed by atoms with Gasteiger partial charge in [-0.3, -0.25) is 14.6 Å². The lowest BCUT2D eigenvalue weighted by Gasteiger charge is -2.35. The van der Waals surface area contributed by atoms with Crippen LogP contribution >= 0.6 is 0 Å². The van der Waals surface area contributed by atoms with Gasteiger partial charge in [0.1, 0.15) is 5.82 Å². The number of benzene rings is 3. The van der Waals surface area contributed by atoms with E-state index in [1.807, 2.05) is 18.2 Å². The zero-order valence-electron chi connectivity index (χ0n) is 21.0. The zero-order chi connectivity index (χ0) is 25.1. The van der Waals surface area contributed by atoms with Gasteiger partial charge in [0, 0.05) is 44.7 Å². The number of carbonyl (C=O) groups excluding carboxylic acids is 1. The van der Waals surface area contributed by atoms with Crippen molar-refractivity contribution in [3.8, 4) is 0 Å². The molecule has 6 heteroatoms. The van der Waals surface area contributed by atoms with Crippen LogP contribution in [-0.2, 0) is 11.3 Å². The van der Waals surface area contributed by atoms with Gasteiger partial charge in [0.2, 0.25) is 0 Å². The molecule has 2 heterocycles. The quantitative estimate of drug-likeness (QED) is 0.498. The average molecular weight is 485 g/mol. The van der Waals surface area contributed by atoms with E-state index in [2.05, 4.69) is 60.0 Å². The molecule has 0 N–H and O–H groups in total. The van der Waals surface area contributed by atoms with Crippen LogP contribution in [0.25, 0.3) is 0 Å². The summed E-state index contributed by atoms with van der Waals surface area (Å²) in [5.74, 6) is -0.384. The second-order valence-electron chi connectivity index (χ2n) is 9.86. The summed E-state index contributed by atoms with van der Waals surface area (Å²) in [6.45, 7) is 8.83. The average Bonchev–Trinajstić information content (AvgIpc) is 3.33. The first kappa shape index (κ1) is 24.3. The van der Waals surface area contributed by atoms with Gasteiger partial charge < -0.3 is 0 Å². The summed E-state index contributed by atoms with van der Waals surface area (Å²) in [5, 5.41) is 6.29. The first-order valence-corrected chi connectivity index (χ1v) is 12.7. The van der Waals surface area contributed by atoms with Gasteiger partial charge in [-0.25, -0.2) is 9.40 Å². The molecule has 0 spiro atoms. The number of halogens is 1. The van der Waals surface area contributed by atoms with Crippen molar-refractivity contribution < 1.29 is 9.18 Å². The van der Waals surface area contributed by atoms with Gasteiger partial charge in [0.15, 0.2) is 0 Å². The Morgan fingerprint density at radius 1 is 0.889 bits per heavy atom. The normalized spacial score (nSPS) is 18.9. The predicted molar refractivity (Wildman–Crippen MR) is 141 cm³/mol. The molecular weight excluding hydrogens is 451 g/mol. The van der Waals surface area contributed by atoms with Gasteiger partial charge in [-0.1, -0.05) is 60.7 Å². The standard InChI is InChI=1S/C30H33FN4O/c1-22-12-13-25(18-23(22)2)28-19-29(26-10-6-7-11-27(26)31)35(32-28)30(36)21-34-16-14-33(15-17-34)20-24-8-4-3-5-9-24/h3-13,18,29H,14-17,19-21H2,1-2H3. The SMILES string of the molecule is Cc1ccc(C2=NN(C(=O)CN3CCN(Cc4ccccc4)CC3)C(c3ccccc3F)C2)cc1C. The zero-order valence-corrected chi connectivity index (χ0v) is 21.0. The van der Waals surface area contributed by atoms with E-state index in [0.717, 1.165) is 44.0 Å². The van der Waals surface area contributed by atoms with Crippen LogP contribution in [0.3, 0.4) is 0 Å². The molecule has 3 aromatic carbocycles. The number of hydrazone groups is 1. The number of amides is 1. The highest BCUT2D eigenvalue weighted by molar-refractivity contribution is 6.03. The highest BCUT2D eigenvalue weighted by Crippen LogP contribution is 2.34. The first-order valence-electron chi connectivity index (χ1n) is 12.7. The molecule has 3 aromatic rings. The second kappa shape index (κ2) is 10.7. The number of carbonyl (C=O) groups is 1. The summed E-state index contributed by atoms with van der Waals surface area (Å²) in [5.41, 5.74) is 6.02. The summed E-state index contributed by atoms with van der Waals surface area (Å²) in [7, 11) is 0. The number of nitrogens with zero attached hydrogens (tertiary/aromatic N) is 4. The maximum absolute atomic E-state index is 14.8. The lowest BCUT2D eigenvalue weighted by Crippen LogP contribution is -2.49. The number of hydrogen-bond acceptors (Lipinski definition) is 4. The van der Waals surface area contributed by atoms with Gasteiger partial charge in [0.05, 0.1) is 18.3 Å². The van der Waals surface area contributed by atoms with Crippen LogP contribution < -0.4 is 0 Å². The van der Waals surface area contributed by atoms with Gasteiger partial charge >= 0.3 is 0 Å². The first-order chi connectivity index (χ1) is 17.5. The Bertz CT molecular complexity index is 1250. The monoisotopic (exact) mass is 484 g/mol. The van der Waals surface area contributed by atoms with E-state index in [9.17, 15) is 9.18 Å². The molecule has 5 nitrogen and oxygen atoms in total. The van der Waals surface area contributed by atoms with Crippen molar-refractivity contribution in [3.05, 3.63) is 106 Å². The van der Waals surface area contributed by atoms with Crippen LogP contribution in [0.5, 0.6) is 0 Å². The Labute approximate surface area is 212 Å². The van der Waals surface area contributed by atoms with Crippen LogP contribution in [-0.4, -0.2) is 59.2 Å². The fourth-order valence-corrected chi connectivity index (χ4v) is 5.03. The third-order valence-electron chi connectivity index (χ3n) is 7.34. The molecule has 5 rings (SSSR count). The Morgan fingerprint density at radius 3 is 2.31 bits per heavy atom. The van der Waals surface area contributed by atoms with Crippen LogP contribution in [0.4, 0.5) is 4.39 Å². The molecule has 0 bridgehead atoms. The third-order valence-corrected chi connectivity index (χ3v) is 7.34. The predicted octanol–water partition coefficient (Wildman–Crippen LogP) is 4.94. The molecule has 0 saturated carbocycles. The number of hydrogen-bond donors (Lipinski definition) is 0. The lowest BCUT2D eigenvalue weighted by molar-refractivity contribution is -0.134. The topological polar surface area (TPSA) is 39.2 Å². The molecular formula is C30H33FN4O. The Balaban J connectivity index is 1.29. The van der Waals surface area contributed by atoms with Crippen LogP contribution in [0.1, 0.15) is 40.3 Å². The van der Waals surface area contributed by atoms with Crippen LogP contribution in [0.15, 0.2) is 77.9 Å². The fourth-order valence-electron chi connectivity index (χ4n) is 5.03. The maximum atomic E-state index is 14.8. The molecule has 2 aliphatic heterocycles. The largest absolute Gasteiger partial charge is 0.297 e. The van der Waals surface area contributed by atoms with Crippen molar-refractivity contribution >= 4 is 11.6 Å². The molecule has 186 valence electrons. The molecule has 2 aliphatic rings. The highest BCUT2D eigenvalue weighted by Gasteiger charge is 2.35. The molecule has 0 aliphatic carbocycles. The Kier molecular flexibility index (Phi) is 7.25. The minimum absolute atomic E-state index is 0.0846. The minimum atomic E-state index is -0.435. The summed E-state index contributed by atoms with van der Waals surface area (Å²) in [6.07, 6.45) is 0.500. The highest BCUT2D eigenvalue weighted by atomic mass is 19.1. The maximum Gasteiger partial charge on any atom is 0.257 e. The Morgan fingerprint density at radius 2 is 1.58 bits per heavy atom. The Hall–Kier alpha value is -3.35. The van der Waals surface area contributed by atoms with E-state index in [1.165, 1.54) is 27.8 Å². The van der Waals surface area contributed by atoms with Gasteiger partial charge in [-0.05, 0) is 48.2 Å². The molecule has 1 fully saturated rings. The van der Waals surface area contributed by atoms with Crippen molar-refractivity contribution in [2.75, 3.05) is 32.7 Å². The summed E-state index contributed by atoms with van der Waals surface area (Å²) in [4.78, 5) is 18.1. The van der Waals surface area contributed by atoms with Gasteiger partial charge in [-0.15, -0.1) is 0 Å². The van der Waals surface area contributed by atoms with Crippen molar-refractivity contribution in [2.45, 2.75) is 32.9 Å². The summed E-state index contributed by atoms with van der Waals surface area (Å²) < 4.78 is 14.8. The van der Waals surface area contributed by atoms with Crippen molar-refractivity contribution in [1.29, 1.82) is 0 Å². The molecule has 0 aromatic heterocycles. The molecule has 1 amide bonds. The van der Waals surface area contributed by atoms with E-state index in [0.29, 0.717) is 12.0 Å². The number of aryl methyl sites for hydroxylation is 2. The molecule has 0 radical (unpaired) electrons. The molecule has 1 saturated heterocycles. The molecule has 36 heavy (non-hydrogen) atoms. The van der Waals surface area contributed by atoms with E-state index in [4.69, 9.17) is 5.10 Å². The summed E-state index contributed by atoms with van der Waals surface area (Å²) in [6, 6.07) is 23.0. The third kappa shape index (κ3) is 5.40. The minimum Gasteiger partial charge on any atom is -0.297 e. The van der Waals surface area contributed by atoms with Crippen LogP contribution in [0, 0.1) is 19.7 Å². The second-order valence-corrected chi connectivity index (χ2v) is 9.86. The van der Waals surface area contributed by atoms with Gasteiger partial charge in [-0.2, -0.15) is 5.10 Å². The van der Waals surface area contributed by atoms with Crippen LogP contribution in [0.2, 0.25) is 0 Å². The molecule has 1 atom stereocenters. The van der Waals surface area contributed by atoms with Crippen molar-refractivity contribution in [3.63, 3.8) is 0 Å². The molecule has 1 unspecified atom stereocenters. The van der Waals surface area contributed by atoms with E-state index < -0.39 is 6.04 Å². The van der Waals surface area contributed by atoms with E-state index >= 15 is 0 Å².